The third-order valence-corrected chi connectivity index (χ3v) is 4.05. The molecule has 0 aromatic carbocycles. The largest absolute Gasteiger partial charge is 0.354 e. The minimum absolute atomic E-state index is 0.673. The Morgan fingerprint density at radius 1 is 1.47 bits per heavy atom. The molecule has 0 N–H and O–H groups in total. The number of rotatable bonds is 3. The predicted molar refractivity (Wildman–Crippen MR) is 75.8 cm³/mol. The molecule has 0 amide bonds. The SMILES string of the molecule is CCC1CCCN(c2nc3ccccn3c2C=O)C1. The fourth-order valence-corrected chi connectivity index (χ4v) is 2.94. The van der Waals surface area contributed by atoms with Crippen LogP contribution in [-0.2, 0) is 0 Å². The summed E-state index contributed by atoms with van der Waals surface area (Å²) in [5.74, 6) is 1.57. The molecule has 0 radical (unpaired) electrons. The maximum atomic E-state index is 11.4. The van der Waals surface area contributed by atoms with Crippen molar-refractivity contribution < 1.29 is 4.79 Å². The van der Waals surface area contributed by atoms with Crippen LogP contribution in [0.2, 0.25) is 0 Å². The maximum absolute atomic E-state index is 11.4. The number of fused-ring (bicyclic) bond motifs is 1. The van der Waals surface area contributed by atoms with Crippen molar-refractivity contribution in [3.63, 3.8) is 0 Å². The lowest BCUT2D eigenvalue weighted by molar-refractivity contribution is 0.111. The summed E-state index contributed by atoms with van der Waals surface area (Å²) in [6.45, 7) is 4.25. The molecule has 4 nitrogen and oxygen atoms in total. The van der Waals surface area contributed by atoms with Crippen LogP contribution in [0.4, 0.5) is 5.82 Å². The van der Waals surface area contributed by atoms with Crippen LogP contribution in [0.5, 0.6) is 0 Å². The quantitative estimate of drug-likeness (QED) is 0.793. The molecule has 2 aromatic rings. The fourth-order valence-electron chi connectivity index (χ4n) is 2.94. The Morgan fingerprint density at radius 2 is 2.37 bits per heavy atom. The Hall–Kier alpha value is -1.84. The second-order valence-electron chi connectivity index (χ2n) is 5.23. The Kier molecular flexibility index (Phi) is 3.23. The predicted octanol–water partition coefficient (Wildman–Crippen LogP) is 2.77. The number of carbonyl (C=O) groups excluding carboxylic acids is 1. The summed E-state index contributed by atoms with van der Waals surface area (Å²) < 4.78 is 1.87. The lowest BCUT2D eigenvalue weighted by Gasteiger charge is -2.32. The molecule has 1 aliphatic heterocycles. The lowest BCUT2D eigenvalue weighted by atomic mass is 9.96. The molecule has 100 valence electrons. The molecular formula is C15H19N3O. The van der Waals surface area contributed by atoms with Crippen molar-refractivity contribution >= 4 is 17.8 Å². The van der Waals surface area contributed by atoms with Crippen LogP contribution in [0.3, 0.4) is 0 Å². The zero-order valence-electron chi connectivity index (χ0n) is 11.2. The molecule has 3 heterocycles. The third kappa shape index (κ3) is 2.11. The number of nitrogens with zero attached hydrogens (tertiary/aromatic N) is 3. The first-order valence-electron chi connectivity index (χ1n) is 7.00. The van der Waals surface area contributed by atoms with Gasteiger partial charge in [-0.05, 0) is 30.9 Å². The monoisotopic (exact) mass is 257 g/mol. The number of aldehydes is 1. The van der Waals surface area contributed by atoms with Gasteiger partial charge in [-0.2, -0.15) is 0 Å². The number of piperidine rings is 1. The Labute approximate surface area is 113 Å². The number of aromatic nitrogens is 2. The van der Waals surface area contributed by atoms with Crippen molar-refractivity contribution in [1.29, 1.82) is 0 Å². The molecule has 1 unspecified atom stereocenters. The summed E-state index contributed by atoms with van der Waals surface area (Å²) in [6.07, 6.45) is 6.49. The molecule has 0 aliphatic carbocycles. The van der Waals surface area contributed by atoms with Crippen LogP contribution < -0.4 is 4.90 Å². The molecule has 0 spiro atoms. The molecule has 1 atom stereocenters. The van der Waals surface area contributed by atoms with Crippen LogP contribution >= 0.6 is 0 Å². The molecular weight excluding hydrogens is 238 g/mol. The fraction of sp³-hybridized carbons (Fsp3) is 0.467. The van der Waals surface area contributed by atoms with E-state index in [-0.39, 0.29) is 0 Å². The van der Waals surface area contributed by atoms with E-state index in [2.05, 4.69) is 16.8 Å². The Balaban J connectivity index is 2.01. The van der Waals surface area contributed by atoms with Gasteiger partial charge in [0.25, 0.3) is 0 Å². The van der Waals surface area contributed by atoms with Crippen molar-refractivity contribution in [2.24, 2.45) is 5.92 Å². The van der Waals surface area contributed by atoms with Gasteiger partial charge >= 0.3 is 0 Å². The first-order chi connectivity index (χ1) is 9.33. The number of imidazole rings is 1. The third-order valence-electron chi connectivity index (χ3n) is 4.05. The van der Waals surface area contributed by atoms with E-state index in [0.29, 0.717) is 5.69 Å². The van der Waals surface area contributed by atoms with Crippen molar-refractivity contribution in [1.82, 2.24) is 9.38 Å². The van der Waals surface area contributed by atoms with Crippen molar-refractivity contribution in [3.05, 3.63) is 30.1 Å². The zero-order chi connectivity index (χ0) is 13.2. The summed E-state index contributed by atoms with van der Waals surface area (Å²) >= 11 is 0. The highest BCUT2D eigenvalue weighted by molar-refractivity contribution is 5.83. The van der Waals surface area contributed by atoms with Gasteiger partial charge < -0.3 is 4.90 Å². The number of anilines is 1. The number of hydrogen-bond donors (Lipinski definition) is 0. The average molecular weight is 257 g/mol. The van der Waals surface area contributed by atoms with Crippen LogP contribution in [0.15, 0.2) is 24.4 Å². The van der Waals surface area contributed by atoms with Gasteiger partial charge in [0.15, 0.2) is 12.1 Å². The average Bonchev–Trinajstić information content (AvgIpc) is 2.86. The first-order valence-corrected chi connectivity index (χ1v) is 7.00. The molecule has 3 rings (SSSR count). The van der Waals surface area contributed by atoms with E-state index in [1.807, 2.05) is 28.8 Å². The summed E-state index contributed by atoms with van der Waals surface area (Å²) in [6, 6.07) is 5.82. The lowest BCUT2D eigenvalue weighted by Crippen LogP contribution is -2.36. The number of pyridine rings is 1. The molecule has 1 fully saturated rings. The minimum Gasteiger partial charge on any atom is -0.354 e. The van der Waals surface area contributed by atoms with Crippen molar-refractivity contribution in [3.8, 4) is 0 Å². The van der Waals surface area contributed by atoms with E-state index in [1.54, 1.807) is 0 Å². The normalized spacial score (nSPS) is 19.8. The van der Waals surface area contributed by atoms with E-state index < -0.39 is 0 Å². The standard InChI is InChI=1S/C15H19N3O/c1-2-12-6-5-8-17(10-12)15-13(11-19)18-9-4-3-7-14(18)16-15/h3-4,7,9,11-12H,2,5-6,8,10H2,1H3. The highest BCUT2D eigenvalue weighted by atomic mass is 16.1. The van der Waals surface area contributed by atoms with Gasteiger partial charge in [0, 0.05) is 19.3 Å². The first kappa shape index (κ1) is 12.2. The smallest absolute Gasteiger partial charge is 0.170 e. The molecule has 19 heavy (non-hydrogen) atoms. The molecule has 1 saturated heterocycles. The van der Waals surface area contributed by atoms with Gasteiger partial charge in [-0.1, -0.05) is 19.4 Å². The molecule has 1 aliphatic rings. The summed E-state index contributed by atoms with van der Waals surface area (Å²) in [5, 5.41) is 0. The van der Waals surface area contributed by atoms with Gasteiger partial charge in [0.1, 0.15) is 11.3 Å². The van der Waals surface area contributed by atoms with E-state index >= 15 is 0 Å². The molecule has 4 heteroatoms. The van der Waals surface area contributed by atoms with Gasteiger partial charge in [0.2, 0.25) is 0 Å². The summed E-state index contributed by atoms with van der Waals surface area (Å²) in [5.41, 5.74) is 1.52. The Bertz CT molecular complexity index is 590. The van der Waals surface area contributed by atoms with E-state index in [1.165, 1.54) is 19.3 Å². The molecule has 0 bridgehead atoms. The van der Waals surface area contributed by atoms with Gasteiger partial charge in [0.05, 0.1) is 0 Å². The van der Waals surface area contributed by atoms with Gasteiger partial charge in [-0.3, -0.25) is 9.20 Å². The van der Waals surface area contributed by atoms with Crippen LogP contribution in [0.1, 0.15) is 36.7 Å². The van der Waals surface area contributed by atoms with Crippen molar-refractivity contribution in [2.45, 2.75) is 26.2 Å². The van der Waals surface area contributed by atoms with Crippen LogP contribution in [0, 0.1) is 5.92 Å². The van der Waals surface area contributed by atoms with E-state index in [9.17, 15) is 4.79 Å². The Morgan fingerprint density at radius 3 is 3.16 bits per heavy atom. The van der Waals surface area contributed by atoms with Crippen LogP contribution in [0.25, 0.3) is 5.65 Å². The highest BCUT2D eigenvalue weighted by Gasteiger charge is 2.23. The second kappa shape index (κ2) is 5.03. The van der Waals surface area contributed by atoms with Crippen LogP contribution in [-0.4, -0.2) is 28.8 Å². The molecule has 0 saturated carbocycles. The summed E-state index contributed by atoms with van der Waals surface area (Å²) in [4.78, 5) is 18.3. The summed E-state index contributed by atoms with van der Waals surface area (Å²) in [7, 11) is 0. The topological polar surface area (TPSA) is 37.6 Å². The van der Waals surface area contributed by atoms with E-state index in [4.69, 9.17) is 0 Å². The second-order valence-corrected chi connectivity index (χ2v) is 5.23. The van der Waals surface area contributed by atoms with Gasteiger partial charge in [-0.25, -0.2) is 4.98 Å². The number of carbonyl (C=O) groups is 1. The number of hydrogen-bond acceptors (Lipinski definition) is 3. The maximum Gasteiger partial charge on any atom is 0.170 e. The molecule has 2 aromatic heterocycles. The minimum atomic E-state index is 0.673. The van der Waals surface area contributed by atoms with Gasteiger partial charge in [-0.15, -0.1) is 0 Å². The van der Waals surface area contributed by atoms with Crippen molar-refractivity contribution in [2.75, 3.05) is 18.0 Å². The van der Waals surface area contributed by atoms with E-state index in [0.717, 1.165) is 36.8 Å². The highest BCUT2D eigenvalue weighted by Crippen LogP contribution is 2.27. The zero-order valence-corrected chi connectivity index (χ0v) is 11.2.